The predicted octanol–water partition coefficient (Wildman–Crippen LogP) is 1.89. The van der Waals surface area contributed by atoms with Gasteiger partial charge in [-0.2, -0.15) is 11.8 Å². The van der Waals surface area contributed by atoms with Crippen LogP contribution in [0.15, 0.2) is 34.2 Å². The van der Waals surface area contributed by atoms with Crippen molar-refractivity contribution in [2.24, 2.45) is 4.99 Å². The molecular weight excluding hydrogens is 517 g/mol. The van der Waals surface area contributed by atoms with E-state index in [0.29, 0.717) is 6.54 Å². The number of thioether (sulfide) groups is 1. The lowest BCUT2D eigenvalue weighted by Gasteiger charge is -2.39. The van der Waals surface area contributed by atoms with Gasteiger partial charge in [0.05, 0.1) is 9.82 Å². The monoisotopic (exact) mass is 543 g/mol. The van der Waals surface area contributed by atoms with Gasteiger partial charge in [-0.05, 0) is 19.9 Å². The van der Waals surface area contributed by atoms with E-state index in [1.165, 1.54) is 18.2 Å². The summed E-state index contributed by atoms with van der Waals surface area (Å²) in [7, 11) is -2.12. The molecule has 0 aliphatic carbocycles. The Bertz CT molecular complexity index is 817. The minimum absolute atomic E-state index is 0. The molecule has 28 heavy (non-hydrogen) atoms. The summed E-state index contributed by atoms with van der Waals surface area (Å²) >= 11 is 1.92. The average Bonchev–Trinajstić information content (AvgIpc) is 2.61. The highest BCUT2D eigenvalue weighted by molar-refractivity contribution is 14.0. The van der Waals surface area contributed by atoms with Gasteiger partial charge < -0.3 is 10.2 Å². The summed E-state index contributed by atoms with van der Waals surface area (Å²) in [5.41, 5.74) is -0.262. The van der Waals surface area contributed by atoms with E-state index in [-0.39, 0.29) is 45.9 Å². The maximum absolute atomic E-state index is 12.3. The van der Waals surface area contributed by atoms with E-state index in [2.05, 4.69) is 33.8 Å². The molecule has 1 heterocycles. The molecule has 0 radical (unpaired) electrons. The van der Waals surface area contributed by atoms with Crippen molar-refractivity contribution in [1.29, 1.82) is 0 Å². The van der Waals surface area contributed by atoms with Crippen LogP contribution in [0.25, 0.3) is 0 Å². The molecule has 0 aromatic heterocycles. The first-order valence-corrected chi connectivity index (χ1v) is 11.0. The standard InChI is InChI=1S/C16H25N5O4S2.HI/c1-16(2)12-20(9-10-26-16)15(17-3)18-7-8-19-27(24,25)14-6-4-5-13(11-14)21(22)23;/h4-6,11,19H,7-10,12H2,1-3H3,(H,17,18);1H. The second kappa shape index (κ2) is 10.6. The molecule has 0 spiro atoms. The smallest absolute Gasteiger partial charge is 0.270 e. The van der Waals surface area contributed by atoms with Crippen LogP contribution < -0.4 is 10.0 Å². The molecule has 1 aliphatic rings. The fourth-order valence-electron chi connectivity index (χ4n) is 2.74. The Morgan fingerprint density at radius 2 is 2.11 bits per heavy atom. The summed E-state index contributed by atoms with van der Waals surface area (Å²) in [5.74, 6) is 1.74. The van der Waals surface area contributed by atoms with Crippen molar-refractivity contribution in [2.45, 2.75) is 23.5 Å². The highest BCUT2D eigenvalue weighted by Crippen LogP contribution is 2.29. The van der Waals surface area contributed by atoms with Crippen LogP contribution in [-0.4, -0.2) is 67.9 Å². The molecule has 0 amide bonds. The minimum atomic E-state index is -3.82. The number of nitrogens with one attached hydrogen (secondary N) is 2. The zero-order chi connectivity index (χ0) is 20.1. The molecule has 1 fully saturated rings. The molecule has 2 N–H and O–H groups in total. The number of aliphatic imine (C=N–C) groups is 1. The van der Waals surface area contributed by atoms with E-state index >= 15 is 0 Å². The summed E-state index contributed by atoms with van der Waals surface area (Å²) in [4.78, 5) is 16.5. The Morgan fingerprint density at radius 3 is 2.71 bits per heavy atom. The molecule has 1 saturated heterocycles. The summed E-state index contributed by atoms with van der Waals surface area (Å²) in [6.45, 7) is 6.60. The van der Waals surface area contributed by atoms with Gasteiger partial charge in [-0.25, -0.2) is 13.1 Å². The van der Waals surface area contributed by atoms with Crippen molar-refractivity contribution in [1.82, 2.24) is 14.9 Å². The normalized spacial score (nSPS) is 17.0. The van der Waals surface area contributed by atoms with E-state index in [0.717, 1.165) is 30.9 Å². The third kappa shape index (κ3) is 7.04. The van der Waals surface area contributed by atoms with Crippen LogP contribution in [0.2, 0.25) is 0 Å². The van der Waals surface area contributed by atoms with Crippen molar-refractivity contribution in [3.8, 4) is 0 Å². The maximum atomic E-state index is 12.3. The number of guanidine groups is 1. The third-order valence-electron chi connectivity index (χ3n) is 3.98. The van der Waals surface area contributed by atoms with Gasteiger partial charge in [0.2, 0.25) is 10.0 Å². The number of non-ortho nitro benzene ring substituents is 1. The van der Waals surface area contributed by atoms with Gasteiger partial charge in [-0.1, -0.05) is 6.07 Å². The van der Waals surface area contributed by atoms with E-state index in [1.54, 1.807) is 7.05 Å². The van der Waals surface area contributed by atoms with Crippen LogP contribution in [0.1, 0.15) is 13.8 Å². The Kier molecular flexibility index (Phi) is 9.43. The summed E-state index contributed by atoms with van der Waals surface area (Å²) in [6, 6.07) is 4.98. The van der Waals surface area contributed by atoms with Crippen LogP contribution in [0.3, 0.4) is 0 Å². The molecule has 1 aromatic rings. The molecular formula is C16H26IN5O4S2. The second-order valence-corrected chi connectivity index (χ2v) is 10.2. The van der Waals surface area contributed by atoms with Crippen LogP contribution in [-0.2, 0) is 10.0 Å². The molecule has 0 atom stereocenters. The topological polar surface area (TPSA) is 117 Å². The summed E-state index contributed by atoms with van der Waals surface area (Å²) in [5, 5.41) is 14.0. The number of nitro benzene ring substituents is 1. The number of hydrogen-bond donors (Lipinski definition) is 2. The first-order chi connectivity index (χ1) is 12.6. The Morgan fingerprint density at radius 1 is 1.39 bits per heavy atom. The lowest BCUT2D eigenvalue weighted by atomic mass is 10.2. The molecule has 1 aromatic carbocycles. The zero-order valence-corrected chi connectivity index (χ0v) is 20.0. The Labute approximate surface area is 187 Å². The molecule has 9 nitrogen and oxygen atoms in total. The number of benzene rings is 1. The van der Waals surface area contributed by atoms with E-state index in [4.69, 9.17) is 0 Å². The number of hydrogen-bond acceptors (Lipinski definition) is 6. The van der Waals surface area contributed by atoms with Crippen LogP contribution in [0.4, 0.5) is 5.69 Å². The van der Waals surface area contributed by atoms with Crippen molar-refractivity contribution >= 4 is 57.4 Å². The van der Waals surface area contributed by atoms with E-state index < -0.39 is 14.9 Å². The maximum Gasteiger partial charge on any atom is 0.270 e. The van der Waals surface area contributed by atoms with E-state index in [1.807, 2.05) is 11.8 Å². The van der Waals surface area contributed by atoms with Gasteiger partial charge in [0.1, 0.15) is 0 Å². The fraction of sp³-hybridized carbons (Fsp3) is 0.562. The van der Waals surface area contributed by atoms with Gasteiger partial charge in [0, 0.05) is 55.9 Å². The lowest BCUT2D eigenvalue weighted by molar-refractivity contribution is -0.385. The van der Waals surface area contributed by atoms with Gasteiger partial charge in [-0.3, -0.25) is 15.1 Å². The molecule has 1 aliphatic heterocycles. The number of halogens is 1. The third-order valence-corrected chi connectivity index (χ3v) is 6.73. The molecule has 0 saturated carbocycles. The molecule has 12 heteroatoms. The predicted molar refractivity (Wildman–Crippen MR) is 123 cm³/mol. The zero-order valence-electron chi connectivity index (χ0n) is 16.0. The molecule has 2 rings (SSSR count). The Hall–Kier alpha value is -1.12. The Balaban J connectivity index is 0.00000392. The largest absolute Gasteiger partial charge is 0.355 e. The molecule has 0 unspecified atom stereocenters. The van der Waals surface area contributed by atoms with Crippen LogP contribution >= 0.6 is 35.7 Å². The van der Waals surface area contributed by atoms with Crippen molar-refractivity contribution in [2.75, 3.05) is 39.0 Å². The van der Waals surface area contributed by atoms with Crippen molar-refractivity contribution < 1.29 is 13.3 Å². The first-order valence-electron chi connectivity index (χ1n) is 8.48. The minimum Gasteiger partial charge on any atom is -0.355 e. The highest BCUT2D eigenvalue weighted by Gasteiger charge is 2.28. The number of nitro groups is 1. The van der Waals surface area contributed by atoms with E-state index in [9.17, 15) is 18.5 Å². The fourth-order valence-corrected chi connectivity index (χ4v) is 4.92. The van der Waals surface area contributed by atoms with Gasteiger partial charge >= 0.3 is 0 Å². The molecule has 158 valence electrons. The lowest BCUT2D eigenvalue weighted by Crippen LogP contribution is -2.51. The second-order valence-electron chi connectivity index (χ2n) is 6.66. The SMILES string of the molecule is CN=C(NCCNS(=O)(=O)c1cccc([N+](=O)[O-])c1)N1CCSC(C)(C)C1.I. The van der Waals surface area contributed by atoms with Crippen LogP contribution in [0.5, 0.6) is 0 Å². The van der Waals surface area contributed by atoms with Gasteiger partial charge in [0.15, 0.2) is 5.96 Å². The number of rotatable bonds is 6. The number of nitrogens with zero attached hydrogens (tertiary/aromatic N) is 3. The quantitative estimate of drug-likeness (QED) is 0.141. The molecule has 0 bridgehead atoms. The van der Waals surface area contributed by atoms with Gasteiger partial charge in [0.25, 0.3) is 5.69 Å². The number of sulfonamides is 1. The first kappa shape index (κ1) is 24.9. The van der Waals surface area contributed by atoms with Gasteiger partial charge in [-0.15, -0.1) is 24.0 Å². The average molecular weight is 543 g/mol. The summed E-state index contributed by atoms with van der Waals surface area (Å²) < 4.78 is 27.2. The van der Waals surface area contributed by atoms with Crippen molar-refractivity contribution in [3.63, 3.8) is 0 Å². The highest BCUT2D eigenvalue weighted by atomic mass is 127. The van der Waals surface area contributed by atoms with Crippen LogP contribution in [0, 0.1) is 10.1 Å². The summed E-state index contributed by atoms with van der Waals surface area (Å²) in [6.07, 6.45) is 0. The van der Waals surface area contributed by atoms with Crippen molar-refractivity contribution in [3.05, 3.63) is 34.4 Å².